The fourth-order valence-electron chi connectivity index (χ4n) is 4.30. The predicted octanol–water partition coefficient (Wildman–Crippen LogP) is 4.92. The van der Waals surface area contributed by atoms with Crippen LogP contribution in [0.5, 0.6) is 11.5 Å². The Kier molecular flexibility index (Phi) is 3.26. The van der Waals surface area contributed by atoms with E-state index in [0.717, 1.165) is 34.9 Å². The van der Waals surface area contributed by atoms with Crippen LogP contribution in [0.1, 0.15) is 42.4 Å². The van der Waals surface area contributed by atoms with Gasteiger partial charge in [0, 0.05) is 23.3 Å². The molecule has 120 valence electrons. The van der Waals surface area contributed by atoms with Gasteiger partial charge in [0.2, 0.25) is 0 Å². The molecule has 0 unspecified atom stereocenters. The number of nitrogen functional groups attached to an aromatic ring is 1. The third kappa shape index (κ3) is 2.35. The first kappa shape index (κ1) is 14.4. The third-order valence-corrected chi connectivity index (χ3v) is 5.44. The third-order valence-electron chi connectivity index (χ3n) is 5.44. The number of nitrogens with two attached hydrogens (primary N) is 1. The number of ether oxygens (including phenoxy) is 1. The van der Waals surface area contributed by atoms with Gasteiger partial charge in [-0.05, 0) is 73.7 Å². The van der Waals surface area contributed by atoms with Crippen LogP contribution in [0.15, 0.2) is 30.3 Å². The maximum Gasteiger partial charge on any atom is 0.133 e. The van der Waals surface area contributed by atoms with E-state index in [-0.39, 0.29) is 0 Å². The minimum absolute atomic E-state index is 0.333. The molecular weight excluding hydrogens is 284 g/mol. The number of anilines is 2. The van der Waals surface area contributed by atoms with E-state index in [1.807, 2.05) is 26.0 Å². The first-order valence-electron chi connectivity index (χ1n) is 8.50. The van der Waals surface area contributed by atoms with Crippen LogP contribution in [0.4, 0.5) is 11.4 Å². The normalized spacial score (nSPS) is 18.0. The van der Waals surface area contributed by atoms with Crippen molar-refractivity contribution < 1.29 is 4.74 Å². The van der Waals surface area contributed by atoms with Gasteiger partial charge >= 0.3 is 0 Å². The molecule has 1 saturated carbocycles. The van der Waals surface area contributed by atoms with Crippen molar-refractivity contribution in [2.24, 2.45) is 0 Å². The lowest BCUT2D eigenvalue weighted by atomic mass is 9.81. The van der Waals surface area contributed by atoms with E-state index in [2.05, 4.69) is 23.5 Å². The Morgan fingerprint density at radius 3 is 2.43 bits per heavy atom. The highest BCUT2D eigenvalue weighted by Gasteiger charge is 2.41. The summed E-state index contributed by atoms with van der Waals surface area (Å²) >= 11 is 0. The van der Waals surface area contributed by atoms with Gasteiger partial charge in [0.15, 0.2) is 0 Å². The van der Waals surface area contributed by atoms with Crippen molar-refractivity contribution in [2.75, 3.05) is 17.6 Å². The zero-order valence-electron chi connectivity index (χ0n) is 13.9. The zero-order valence-corrected chi connectivity index (χ0v) is 13.9. The molecular formula is C20H24N2O. The molecule has 1 fully saturated rings. The van der Waals surface area contributed by atoms with Gasteiger partial charge in [-0.25, -0.2) is 0 Å². The summed E-state index contributed by atoms with van der Waals surface area (Å²) in [5.74, 6) is 1.85. The van der Waals surface area contributed by atoms with E-state index in [9.17, 15) is 0 Å². The quantitative estimate of drug-likeness (QED) is 0.774. The standard InChI is InChI=1S/C20H24N2O/c1-13-9-15(21)10-14(2)19(13)23-16-5-6-18-17(11-16)20(12-22-18)7-3-4-8-20/h5-6,9-11,22H,3-4,7-8,12,21H2,1-2H3. The smallest absolute Gasteiger partial charge is 0.133 e. The van der Waals surface area contributed by atoms with Gasteiger partial charge in [0.05, 0.1) is 0 Å². The molecule has 1 heterocycles. The van der Waals surface area contributed by atoms with Crippen LogP contribution in [-0.4, -0.2) is 6.54 Å². The molecule has 1 spiro atoms. The van der Waals surface area contributed by atoms with E-state index in [0.29, 0.717) is 5.41 Å². The summed E-state index contributed by atoms with van der Waals surface area (Å²) in [6, 6.07) is 10.4. The largest absolute Gasteiger partial charge is 0.457 e. The molecule has 2 aromatic rings. The number of hydrogen-bond donors (Lipinski definition) is 2. The molecule has 0 saturated heterocycles. The van der Waals surface area contributed by atoms with Gasteiger partial charge < -0.3 is 15.8 Å². The number of benzene rings is 2. The van der Waals surface area contributed by atoms with Gasteiger partial charge in [0.25, 0.3) is 0 Å². The Labute approximate surface area is 137 Å². The molecule has 0 aromatic heterocycles. The highest BCUT2D eigenvalue weighted by Crippen LogP contribution is 2.49. The van der Waals surface area contributed by atoms with E-state index in [1.54, 1.807) is 0 Å². The molecule has 0 atom stereocenters. The molecule has 1 aliphatic heterocycles. The van der Waals surface area contributed by atoms with E-state index in [4.69, 9.17) is 10.5 Å². The lowest BCUT2D eigenvalue weighted by Gasteiger charge is -2.23. The van der Waals surface area contributed by atoms with Crippen molar-refractivity contribution in [1.29, 1.82) is 0 Å². The minimum Gasteiger partial charge on any atom is -0.457 e. The second-order valence-electron chi connectivity index (χ2n) is 7.13. The number of nitrogens with one attached hydrogen (secondary N) is 1. The van der Waals surface area contributed by atoms with Crippen molar-refractivity contribution in [3.63, 3.8) is 0 Å². The fraction of sp³-hybridized carbons (Fsp3) is 0.400. The Balaban J connectivity index is 1.70. The first-order valence-corrected chi connectivity index (χ1v) is 8.50. The van der Waals surface area contributed by atoms with Gasteiger partial charge in [-0.15, -0.1) is 0 Å². The Bertz CT molecular complexity index is 737. The Hall–Kier alpha value is -2.16. The lowest BCUT2D eigenvalue weighted by Crippen LogP contribution is -2.23. The van der Waals surface area contributed by atoms with Crippen LogP contribution in [0.2, 0.25) is 0 Å². The maximum atomic E-state index is 6.24. The second-order valence-corrected chi connectivity index (χ2v) is 7.13. The molecule has 3 nitrogen and oxygen atoms in total. The van der Waals surface area contributed by atoms with Gasteiger partial charge in [-0.1, -0.05) is 12.8 Å². The molecule has 0 amide bonds. The monoisotopic (exact) mass is 308 g/mol. The second kappa shape index (κ2) is 5.19. The summed E-state index contributed by atoms with van der Waals surface area (Å²) in [7, 11) is 0. The number of hydrogen-bond acceptors (Lipinski definition) is 3. The van der Waals surface area contributed by atoms with Crippen molar-refractivity contribution in [2.45, 2.75) is 44.9 Å². The Morgan fingerprint density at radius 1 is 1.04 bits per heavy atom. The van der Waals surface area contributed by atoms with E-state index >= 15 is 0 Å². The average Bonchev–Trinajstić information content (AvgIpc) is 3.12. The highest BCUT2D eigenvalue weighted by molar-refractivity contribution is 5.63. The predicted molar refractivity (Wildman–Crippen MR) is 95.5 cm³/mol. The number of aryl methyl sites for hydroxylation is 2. The van der Waals surface area contributed by atoms with Crippen molar-refractivity contribution in [1.82, 2.24) is 0 Å². The molecule has 3 heteroatoms. The van der Waals surface area contributed by atoms with Gasteiger partial charge in [-0.2, -0.15) is 0 Å². The summed E-state index contributed by atoms with van der Waals surface area (Å²) < 4.78 is 6.24. The summed E-state index contributed by atoms with van der Waals surface area (Å²) in [6.07, 6.45) is 5.25. The molecule has 23 heavy (non-hydrogen) atoms. The molecule has 4 rings (SSSR count). The van der Waals surface area contributed by atoms with Crippen LogP contribution < -0.4 is 15.8 Å². The zero-order chi connectivity index (χ0) is 16.0. The molecule has 3 N–H and O–H groups in total. The Morgan fingerprint density at radius 2 is 1.74 bits per heavy atom. The summed E-state index contributed by atoms with van der Waals surface area (Å²) in [6.45, 7) is 5.17. The van der Waals surface area contributed by atoms with Crippen molar-refractivity contribution >= 4 is 11.4 Å². The van der Waals surface area contributed by atoms with E-state index < -0.39 is 0 Å². The van der Waals surface area contributed by atoms with Crippen LogP contribution >= 0.6 is 0 Å². The van der Waals surface area contributed by atoms with E-state index in [1.165, 1.54) is 36.9 Å². The van der Waals surface area contributed by atoms with Gasteiger partial charge in [0.1, 0.15) is 11.5 Å². The highest BCUT2D eigenvalue weighted by atomic mass is 16.5. The molecule has 0 bridgehead atoms. The number of fused-ring (bicyclic) bond motifs is 2. The van der Waals surface area contributed by atoms with Crippen molar-refractivity contribution in [3.8, 4) is 11.5 Å². The average molecular weight is 308 g/mol. The molecule has 0 radical (unpaired) electrons. The molecule has 1 aliphatic carbocycles. The molecule has 2 aliphatic rings. The minimum atomic E-state index is 0.333. The van der Waals surface area contributed by atoms with Crippen LogP contribution in [0.3, 0.4) is 0 Å². The van der Waals surface area contributed by atoms with Crippen molar-refractivity contribution in [3.05, 3.63) is 47.0 Å². The first-order chi connectivity index (χ1) is 11.1. The SMILES string of the molecule is Cc1cc(N)cc(C)c1Oc1ccc2c(c1)C1(CCCC1)CN2. The summed E-state index contributed by atoms with van der Waals surface area (Å²) in [4.78, 5) is 0. The van der Waals surface area contributed by atoms with Gasteiger partial charge in [-0.3, -0.25) is 0 Å². The molecule has 2 aromatic carbocycles. The topological polar surface area (TPSA) is 47.3 Å². The van der Waals surface area contributed by atoms with Crippen LogP contribution in [0, 0.1) is 13.8 Å². The maximum absolute atomic E-state index is 6.24. The lowest BCUT2D eigenvalue weighted by molar-refractivity contribution is 0.463. The summed E-state index contributed by atoms with van der Waals surface area (Å²) in [5, 5.41) is 3.58. The summed E-state index contributed by atoms with van der Waals surface area (Å²) in [5.41, 5.74) is 11.9. The van der Waals surface area contributed by atoms with Crippen LogP contribution in [0.25, 0.3) is 0 Å². The fourth-order valence-corrected chi connectivity index (χ4v) is 4.30. The number of rotatable bonds is 2. The van der Waals surface area contributed by atoms with Crippen LogP contribution in [-0.2, 0) is 5.41 Å².